The van der Waals surface area contributed by atoms with Crippen LogP contribution < -0.4 is 5.32 Å². The lowest BCUT2D eigenvalue weighted by molar-refractivity contribution is 0.0236. The van der Waals surface area contributed by atoms with Crippen LogP contribution in [0.2, 0.25) is 0 Å². The van der Waals surface area contributed by atoms with Crippen molar-refractivity contribution in [3.63, 3.8) is 0 Å². The van der Waals surface area contributed by atoms with E-state index >= 15 is 0 Å². The third-order valence-corrected chi connectivity index (χ3v) is 2.78. The molecule has 2 amide bonds. The van der Waals surface area contributed by atoms with Gasteiger partial charge in [-0.1, -0.05) is 6.08 Å². The number of amides is 2. The molecule has 0 radical (unpaired) electrons. The van der Waals surface area contributed by atoms with Gasteiger partial charge in [-0.3, -0.25) is 0 Å². The van der Waals surface area contributed by atoms with Crippen LogP contribution in [0.5, 0.6) is 0 Å². The van der Waals surface area contributed by atoms with Gasteiger partial charge in [-0.25, -0.2) is 4.79 Å². The molecule has 0 aromatic heterocycles. The summed E-state index contributed by atoms with van der Waals surface area (Å²) in [5, 5.41) is 2.85. The molecule has 2 atom stereocenters. The molecule has 0 saturated carbocycles. The van der Waals surface area contributed by atoms with Crippen LogP contribution in [0.25, 0.3) is 0 Å². The predicted molar refractivity (Wildman–Crippen MR) is 66.0 cm³/mol. The van der Waals surface area contributed by atoms with E-state index in [1.54, 1.807) is 18.1 Å². The van der Waals surface area contributed by atoms with Crippen LogP contribution >= 0.6 is 0 Å². The van der Waals surface area contributed by atoms with E-state index in [1.165, 1.54) is 0 Å². The minimum atomic E-state index is -0.0461. The number of nitrogens with one attached hydrogen (secondary N) is 1. The first kappa shape index (κ1) is 14.0. The quantitative estimate of drug-likeness (QED) is 0.558. The van der Waals surface area contributed by atoms with E-state index in [-0.39, 0.29) is 18.2 Å². The molecule has 1 N–H and O–H groups in total. The summed E-state index contributed by atoms with van der Waals surface area (Å²) in [5.41, 5.74) is 0. The topological polar surface area (TPSA) is 50.8 Å². The molecular formula is C12H22N2O3. The largest absolute Gasteiger partial charge is 0.382 e. The van der Waals surface area contributed by atoms with Gasteiger partial charge < -0.3 is 19.7 Å². The third kappa shape index (κ3) is 4.75. The Bertz CT molecular complexity index is 258. The van der Waals surface area contributed by atoms with Crippen molar-refractivity contribution < 1.29 is 14.3 Å². The lowest BCUT2D eigenvalue weighted by Gasteiger charge is -2.19. The number of carbonyl (C=O) groups excluding carboxylic acids is 1. The lowest BCUT2D eigenvalue weighted by Crippen LogP contribution is -2.42. The third-order valence-electron chi connectivity index (χ3n) is 2.78. The highest BCUT2D eigenvalue weighted by atomic mass is 16.5. The summed E-state index contributed by atoms with van der Waals surface area (Å²) < 4.78 is 10.5. The number of likely N-dealkylation sites (tertiary alicyclic amines) is 1. The van der Waals surface area contributed by atoms with E-state index in [0.29, 0.717) is 19.8 Å². The fourth-order valence-electron chi connectivity index (χ4n) is 1.69. The summed E-state index contributed by atoms with van der Waals surface area (Å²) >= 11 is 0. The summed E-state index contributed by atoms with van der Waals surface area (Å²) in [7, 11) is 1.65. The zero-order valence-electron chi connectivity index (χ0n) is 10.6. The molecule has 1 aliphatic heterocycles. The van der Waals surface area contributed by atoms with E-state index in [1.807, 2.05) is 6.92 Å². The molecule has 1 fully saturated rings. The van der Waals surface area contributed by atoms with Gasteiger partial charge in [0.15, 0.2) is 0 Å². The normalized spacial score (nSPS) is 21.3. The van der Waals surface area contributed by atoms with Crippen molar-refractivity contribution in [1.29, 1.82) is 0 Å². The van der Waals surface area contributed by atoms with Gasteiger partial charge in [0.05, 0.1) is 19.3 Å². The van der Waals surface area contributed by atoms with Gasteiger partial charge in [-0.15, -0.1) is 6.58 Å². The average Bonchev–Trinajstić information content (AvgIpc) is 2.78. The van der Waals surface area contributed by atoms with Gasteiger partial charge in [0.1, 0.15) is 0 Å². The maximum absolute atomic E-state index is 11.8. The molecule has 1 rings (SSSR count). The Hall–Kier alpha value is -1.07. The Labute approximate surface area is 103 Å². The monoisotopic (exact) mass is 242 g/mol. The Balaban J connectivity index is 2.24. The van der Waals surface area contributed by atoms with Crippen LogP contribution in [0.3, 0.4) is 0 Å². The Morgan fingerprint density at radius 3 is 3.06 bits per heavy atom. The fraction of sp³-hybridized carbons (Fsp3) is 0.750. The molecule has 0 aromatic rings. The number of methoxy groups -OCH3 is 1. The first-order chi connectivity index (χ1) is 8.17. The second-order valence-corrected chi connectivity index (χ2v) is 4.19. The van der Waals surface area contributed by atoms with E-state index < -0.39 is 0 Å². The molecule has 1 heterocycles. The van der Waals surface area contributed by atoms with Gasteiger partial charge in [0.25, 0.3) is 0 Å². The second kappa shape index (κ2) is 7.29. The molecule has 98 valence electrons. The highest BCUT2D eigenvalue weighted by Gasteiger charge is 2.26. The molecule has 1 aliphatic rings. The standard InChI is InChI=1S/C12H22N2O3/c1-4-10(2)13-12(15)14-6-5-11(9-14)17-8-7-16-3/h4,10-11H,1,5-9H2,2-3H3,(H,13,15). The smallest absolute Gasteiger partial charge is 0.317 e. The molecule has 2 unspecified atom stereocenters. The van der Waals surface area contributed by atoms with Gasteiger partial charge in [-0.2, -0.15) is 0 Å². The van der Waals surface area contributed by atoms with Crippen molar-refractivity contribution in [2.75, 3.05) is 33.4 Å². The van der Waals surface area contributed by atoms with Crippen molar-refractivity contribution in [3.05, 3.63) is 12.7 Å². The highest BCUT2D eigenvalue weighted by Crippen LogP contribution is 2.12. The average molecular weight is 242 g/mol. The molecule has 1 saturated heterocycles. The van der Waals surface area contributed by atoms with Crippen molar-refractivity contribution in [2.24, 2.45) is 0 Å². The van der Waals surface area contributed by atoms with Crippen LogP contribution in [-0.2, 0) is 9.47 Å². The minimum Gasteiger partial charge on any atom is -0.382 e. The molecule has 5 nitrogen and oxygen atoms in total. The maximum Gasteiger partial charge on any atom is 0.317 e. The van der Waals surface area contributed by atoms with Crippen molar-refractivity contribution >= 4 is 6.03 Å². The zero-order valence-corrected chi connectivity index (χ0v) is 10.6. The van der Waals surface area contributed by atoms with Crippen LogP contribution in [0.4, 0.5) is 4.79 Å². The van der Waals surface area contributed by atoms with E-state index in [4.69, 9.17) is 9.47 Å². The molecule has 17 heavy (non-hydrogen) atoms. The van der Waals surface area contributed by atoms with Crippen molar-refractivity contribution in [3.8, 4) is 0 Å². The van der Waals surface area contributed by atoms with Crippen molar-refractivity contribution in [2.45, 2.75) is 25.5 Å². The van der Waals surface area contributed by atoms with Crippen LogP contribution in [0, 0.1) is 0 Å². The Morgan fingerprint density at radius 2 is 2.41 bits per heavy atom. The number of hydrogen-bond acceptors (Lipinski definition) is 3. The van der Waals surface area contributed by atoms with Gasteiger partial charge >= 0.3 is 6.03 Å². The Morgan fingerprint density at radius 1 is 1.65 bits per heavy atom. The summed E-state index contributed by atoms with van der Waals surface area (Å²) in [6.45, 7) is 8.10. The summed E-state index contributed by atoms with van der Waals surface area (Å²) in [6, 6.07) is -0.0498. The molecule has 0 aromatic carbocycles. The minimum absolute atomic E-state index is 0.00374. The lowest BCUT2D eigenvalue weighted by atomic mass is 10.3. The van der Waals surface area contributed by atoms with Crippen LogP contribution in [0.15, 0.2) is 12.7 Å². The number of hydrogen-bond donors (Lipinski definition) is 1. The first-order valence-corrected chi connectivity index (χ1v) is 5.96. The second-order valence-electron chi connectivity index (χ2n) is 4.19. The number of urea groups is 1. The number of nitrogens with zero attached hydrogens (tertiary/aromatic N) is 1. The SMILES string of the molecule is C=CC(C)NC(=O)N1CCC(OCCOC)C1. The van der Waals surface area contributed by atoms with E-state index in [9.17, 15) is 4.79 Å². The summed E-state index contributed by atoms with van der Waals surface area (Å²) in [5.74, 6) is 0. The van der Waals surface area contributed by atoms with Crippen LogP contribution in [0.1, 0.15) is 13.3 Å². The van der Waals surface area contributed by atoms with Gasteiger partial charge in [-0.05, 0) is 13.3 Å². The number of rotatable bonds is 6. The maximum atomic E-state index is 11.8. The Kier molecular flexibility index (Phi) is 6.00. The molecule has 0 aliphatic carbocycles. The fourth-order valence-corrected chi connectivity index (χ4v) is 1.69. The number of carbonyl (C=O) groups is 1. The molecule has 0 bridgehead atoms. The summed E-state index contributed by atoms with van der Waals surface area (Å²) in [6.07, 6.45) is 2.73. The van der Waals surface area contributed by atoms with Crippen molar-refractivity contribution in [1.82, 2.24) is 10.2 Å². The highest BCUT2D eigenvalue weighted by molar-refractivity contribution is 5.75. The molecular weight excluding hydrogens is 220 g/mol. The van der Waals surface area contributed by atoms with Gasteiger partial charge in [0, 0.05) is 26.2 Å². The molecule has 5 heteroatoms. The predicted octanol–water partition coefficient (Wildman–Crippen LogP) is 1.01. The first-order valence-electron chi connectivity index (χ1n) is 5.96. The number of ether oxygens (including phenoxy) is 2. The van der Waals surface area contributed by atoms with Crippen LogP contribution in [-0.4, -0.2) is 56.5 Å². The molecule has 0 spiro atoms. The zero-order chi connectivity index (χ0) is 12.7. The van der Waals surface area contributed by atoms with E-state index in [2.05, 4.69) is 11.9 Å². The van der Waals surface area contributed by atoms with E-state index in [0.717, 1.165) is 13.0 Å². The van der Waals surface area contributed by atoms with Gasteiger partial charge in [0.2, 0.25) is 0 Å². The summed E-state index contributed by atoms with van der Waals surface area (Å²) in [4.78, 5) is 13.6.